The predicted octanol–water partition coefficient (Wildman–Crippen LogP) is 2.31. The first kappa shape index (κ1) is 9.10. The molecular weight excluding hydrogens is 178 g/mol. The molecule has 0 amide bonds. The maximum Gasteiger partial charge on any atom is 0.0101 e. The Balaban J connectivity index is 1.89. The summed E-state index contributed by atoms with van der Waals surface area (Å²) in [6, 6.07) is 8.62. The fourth-order valence-electron chi connectivity index (χ4n) is 1.39. The van der Waals surface area contributed by atoms with Crippen molar-refractivity contribution < 1.29 is 0 Å². The maximum atomic E-state index is 3.30. The average Bonchev–Trinajstić information content (AvgIpc) is 2.05. The summed E-state index contributed by atoms with van der Waals surface area (Å²) in [5.41, 5.74) is 1.40. The normalized spacial score (nSPS) is 17.0. The molecule has 1 heterocycles. The standard InChI is InChI=1S/C11H15NS/c1-9-4-2-3-5-11(9)13-8-10-6-12-7-10/h2-5,10,12H,6-8H2,1H3. The molecule has 1 fully saturated rings. The Bertz CT molecular complexity index is 281. The van der Waals surface area contributed by atoms with Crippen LogP contribution < -0.4 is 5.32 Å². The van der Waals surface area contributed by atoms with Gasteiger partial charge in [0.2, 0.25) is 0 Å². The minimum atomic E-state index is 0.893. The Morgan fingerprint density at radius 2 is 2.15 bits per heavy atom. The van der Waals surface area contributed by atoms with Crippen molar-refractivity contribution in [1.82, 2.24) is 5.32 Å². The summed E-state index contributed by atoms with van der Waals surface area (Å²) < 4.78 is 0. The van der Waals surface area contributed by atoms with Crippen molar-refractivity contribution in [2.45, 2.75) is 11.8 Å². The third-order valence-electron chi connectivity index (χ3n) is 2.43. The van der Waals surface area contributed by atoms with Crippen molar-refractivity contribution >= 4 is 11.8 Å². The second kappa shape index (κ2) is 4.16. The van der Waals surface area contributed by atoms with E-state index in [2.05, 4.69) is 36.5 Å². The Labute approximate surface area is 83.9 Å². The molecule has 1 aliphatic heterocycles. The van der Waals surface area contributed by atoms with Crippen LogP contribution in [0.2, 0.25) is 0 Å². The lowest BCUT2D eigenvalue weighted by atomic mass is 10.1. The van der Waals surface area contributed by atoms with Gasteiger partial charge in [-0.15, -0.1) is 11.8 Å². The highest BCUT2D eigenvalue weighted by Gasteiger charge is 2.16. The van der Waals surface area contributed by atoms with E-state index in [1.807, 2.05) is 11.8 Å². The molecule has 0 radical (unpaired) electrons. The molecule has 2 heteroatoms. The molecule has 1 N–H and O–H groups in total. The van der Waals surface area contributed by atoms with E-state index in [1.54, 1.807) is 0 Å². The molecular formula is C11H15NS. The van der Waals surface area contributed by atoms with Crippen LogP contribution in [0.3, 0.4) is 0 Å². The summed E-state index contributed by atoms with van der Waals surface area (Å²) in [6.07, 6.45) is 0. The zero-order valence-corrected chi connectivity index (χ0v) is 8.73. The van der Waals surface area contributed by atoms with Crippen molar-refractivity contribution in [3.8, 4) is 0 Å². The molecule has 0 aromatic heterocycles. The zero-order chi connectivity index (χ0) is 9.10. The largest absolute Gasteiger partial charge is 0.316 e. The smallest absolute Gasteiger partial charge is 0.0101 e. The maximum absolute atomic E-state index is 3.30. The van der Waals surface area contributed by atoms with Gasteiger partial charge in [-0.3, -0.25) is 0 Å². The molecule has 1 aromatic rings. The minimum absolute atomic E-state index is 0.893. The van der Waals surface area contributed by atoms with E-state index in [-0.39, 0.29) is 0 Å². The predicted molar refractivity (Wildman–Crippen MR) is 58.3 cm³/mol. The molecule has 1 aromatic carbocycles. The number of hydrogen-bond acceptors (Lipinski definition) is 2. The van der Waals surface area contributed by atoms with Gasteiger partial charge in [-0.1, -0.05) is 18.2 Å². The van der Waals surface area contributed by atoms with Crippen LogP contribution in [0, 0.1) is 12.8 Å². The summed E-state index contributed by atoms with van der Waals surface area (Å²) in [7, 11) is 0. The van der Waals surface area contributed by atoms with Gasteiger partial charge in [0, 0.05) is 10.6 Å². The molecule has 1 aliphatic rings. The van der Waals surface area contributed by atoms with Gasteiger partial charge in [0.15, 0.2) is 0 Å². The van der Waals surface area contributed by atoms with E-state index in [0.29, 0.717) is 0 Å². The molecule has 0 unspecified atom stereocenters. The van der Waals surface area contributed by atoms with Crippen LogP contribution in [0.1, 0.15) is 5.56 Å². The quantitative estimate of drug-likeness (QED) is 0.739. The lowest BCUT2D eigenvalue weighted by molar-refractivity contribution is 0.385. The van der Waals surface area contributed by atoms with Crippen LogP contribution in [0.15, 0.2) is 29.2 Å². The highest BCUT2D eigenvalue weighted by molar-refractivity contribution is 7.99. The second-order valence-electron chi connectivity index (χ2n) is 3.60. The Morgan fingerprint density at radius 1 is 1.38 bits per heavy atom. The van der Waals surface area contributed by atoms with Crippen LogP contribution >= 0.6 is 11.8 Å². The lowest BCUT2D eigenvalue weighted by Crippen LogP contribution is -2.43. The van der Waals surface area contributed by atoms with Gasteiger partial charge >= 0.3 is 0 Å². The monoisotopic (exact) mass is 193 g/mol. The molecule has 2 rings (SSSR count). The molecule has 1 nitrogen and oxygen atoms in total. The first-order chi connectivity index (χ1) is 6.36. The Morgan fingerprint density at radius 3 is 2.77 bits per heavy atom. The van der Waals surface area contributed by atoms with E-state index in [4.69, 9.17) is 0 Å². The topological polar surface area (TPSA) is 12.0 Å². The second-order valence-corrected chi connectivity index (χ2v) is 4.66. The molecule has 70 valence electrons. The number of hydrogen-bond donors (Lipinski definition) is 1. The first-order valence-electron chi connectivity index (χ1n) is 4.75. The van der Waals surface area contributed by atoms with Gasteiger partial charge < -0.3 is 5.32 Å². The number of thioether (sulfide) groups is 1. The van der Waals surface area contributed by atoms with E-state index in [0.717, 1.165) is 5.92 Å². The number of nitrogens with one attached hydrogen (secondary N) is 1. The van der Waals surface area contributed by atoms with Crippen molar-refractivity contribution in [1.29, 1.82) is 0 Å². The van der Waals surface area contributed by atoms with E-state index in [1.165, 1.54) is 29.3 Å². The molecule has 1 saturated heterocycles. The van der Waals surface area contributed by atoms with Gasteiger partial charge in [0.1, 0.15) is 0 Å². The summed E-state index contributed by atoms with van der Waals surface area (Å²) in [5, 5.41) is 3.30. The van der Waals surface area contributed by atoms with Crippen molar-refractivity contribution in [3.63, 3.8) is 0 Å². The molecule has 13 heavy (non-hydrogen) atoms. The Kier molecular flexibility index (Phi) is 2.91. The molecule has 0 bridgehead atoms. The van der Waals surface area contributed by atoms with Gasteiger partial charge in [-0.05, 0) is 37.6 Å². The highest BCUT2D eigenvalue weighted by atomic mass is 32.2. The van der Waals surface area contributed by atoms with Gasteiger partial charge in [0.25, 0.3) is 0 Å². The molecule has 0 atom stereocenters. The van der Waals surface area contributed by atoms with Gasteiger partial charge in [0.05, 0.1) is 0 Å². The summed E-state index contributed by atoms with van der Waals surface area (Å²) in [5.74, 6) is 2.15. The molecule has 0 aliphatic carbocycles. The van der Waals surface area contributed by atoms with Gasteiger partial charge in [-0.2, -0.15) is 0 Å². The molecule has 0 saturated carbocycles. The van der Waals surface area contributed by atoms with Gasteiger partial charge in [-0.25, -0.2) is 0 Å². The summed E-state index contributed by atoms with van der Waals surface area (Å²) >= 11 is 1.99. The lowest BCUT2D eigenvalue weighted by Gasteiger charge is -2.26. The third kappa shape index (κ3) is 2.26. The van der Waals surface area contributed by atoms with Crippen molar-refractivity contribution in [2.75, 3.05) is 18.8 Å². The SMILES string of the molecule is Cc1ccccc1SCC1CNC1. The Hall–Kier alpha value is -0.470. The summed E-state index contributed by atoms with van der Waals surface area (Å²) in [6.45, 7) is 4.60. The fraction of sp³-hybridized carbons (Fsp3) is 0.455. The van der Waals surface area contributed by atoms with E-state index >= 15 is 0 Å². The number of rotatable bonds is 3. The van der Waals surface area contributed by atoms with Crippen LogP contribution in [-0.2, 0) is 0 Å². The molecule has 0 spiro atoms. The van der Waals surface area contributed by atoms with E-state index < -0.39 is 0 Å². The zero-order valence-electron chi connectivity index (χ0n) is 7.92. The highest BCUT2D eigenvalue weighted by Crippen LogP contribution is 2.24. The fourth-order valence-corrected chi connectivity index (χ4v) is 2.51. The number of benzene rings is 1. The summed E-state index contributed by atoms with van der Waals surface area (Å²) in [4.78, 5) is 1.44. The van der Waals surface area contributed by atoms with E-state index in [9.17, 15) is 0 Å². The van der Waals surface area contributed by atoms with Crippen LogP contribution in [-0.4, -0.2) is 18.8 Å². The minimum Gasteiger partial charge on any atom is -0.316 e. The van der Waals surface area contributed by atoms with Crippen LogP contribution in [0.5, 0.6) is 0 Å². The average molecular weight is 193 g/mol. The third-order valence-corrected chi connectivity index (χ3v) is 3.84. The van der Waals surface area contributed by atoms with Crippen molar-refractivity contribution in [3.05, 3.63) is 29.8 Å². The van der Waals surface area contributed by atoms with Crippen molar-refractivity contribution in [2.24, 2.45) is 5.92 Å². The number of aryl methyl sites for hydroxylation is 1. The first-order valence-corrected chi connectivity index (χ1v) is 5.74. The van der Waals surface area contributed by atoms with Crippen LogP contribution in [0.25, 0.3) is 0 Å². The van der Waals surface area contributed by atoms with Crippen LogP contribution in [0.4, 0.5) is 0 Å².